The lowest BCUT2D eigenvalue weighted by Gasteiger charge is -2.35. The van der Waals surface area contributed by atoms with E-state index in [0.29, 0.717) is 18.4 Å². The van der Waals surface area contributed by atoms with Crippen molar-refractivity contribution < 1.29 is 4.79 Å². The summed E-state index contributed by atoms with van der Waals surface area (Å²) in [5.41, 5.74) is 3.02. The SMILES string of the molecule is Cc1cc(N2CCN(CC(=O)Nc3cc(C4CC4)nn3-c3ccccc3)CC2)nc(C(C)C)n1. The third-order valence-corrected chi connectivity index (χ3v) is 6.43. The maximum atomic E-state index is 12.9. The van der Waals surface area contributed by atoms with Crippen molar-refractivity contribution in [3.05, 3.63) is 59.7 Å². The van der Waals surface area contributed by atoms with Crippen molar-refractivity contribution in [2.24, 2.45) is 0 Å². The van der Waals surface area contributed by atoms with Gasteiger partial charge in [0.1, 0.15) is 17.5 Å². The van der Waals surface area contributed by atoms with Crippen molar-refractivity contribution in [2.45, 2.75) is 45.4 Å². The summed E-state index contributed by atoms with van der Waals surface area (Å²) in [6, 6.07) is 14.1. The summed E-state index contributed by atoms with van der Waals surface area (Å²) in [7, 11) is 0. The molecule has 0 spiro atoms. The molecule has 1 aliphatic heterocycles. The summed E-state index contributed by atoms with van der Waals surface area (Å²) in [5, 5.41) is 7.90. The van der Waals surface area contributed by atoms with Crippen molar-refractivity contribution in [1.82, 2.24) is 24.6 Å². The Labute approximate surface area is 201 Å². The van der Waals surface area contributed by atoms with E-state index < -0.39 is 0 Å². The lowest BCUT2D eigenvalue weighted by molar-refractivity contribution is -0.117. The van der Waals surface area contributed by atoms with Crippen LogP contribution in [0.2, 0.25) is 0 Å². The molecule has 1 aromatic carbocycles. The van der Waals surface area contributed by atoms with Crippen LogP contribution in [0.5, 0.6) is 0 Å². The number of para-hydroxylation sites is 1. The second kappa shape index (κ2) is 9.54. The molecule has 0 radical (unpaired) electrons. The molecule has 3 heterocycles. The molecule has 1 saturated carbocycles. The first-order chi connectivity index (χ1) is 16.5. The largest absolute Gasteiger partial charge is 0.354 e. The van der Waals surface area contributed by atoms with Gasteiger partial charge in [-0.05, 0) is 31.9 Å². The van der Waals surface area contributed by atoms with Crippen LogP contribution in [0.25, 0.3) is 5.69 Å². The number of aromatic nitrogens is 4. The van der Waals surface area contributed by atoms with Crippen molar-refractivity contribution in [2.75, 3.05) is 42.9 Å². The van der Waals surface area contributed by atoms with E-state index in [0.717, 1.165) is 60.7 Å². The first kappa shape index (κ1) is 22.5. The summed E-state index contributed by atoms with van der Waals surface area (Å²) in [6.45, 7) is 9.94. The van der Waals surface area contributed by atoms with Crippen molar-refractivity contribution >= 4 is 17.5 Å². The van der Waals surface area contributed by atoms with Gasteiger partial charge in [-0.1, -0.05) is 32.0 Å². The van der Waals surface area contributed by atoms with Crippen molar-refractivity contribution in [3.8, 4) is 5.69 Å². The zero-order chi connectivity index (χ0) is 23.7. The van der Waals surface area contributed by atoms with Crippen LogP contribution in [0.4, 0.5) is 11.6 Å². The normalized spacial score (nSPS) is 16.8. The van der Waals surface area contributed by atoms with Crippen LogP contribution in [0.15, 0.2) is 42.5 Å². The summed E-state index contributed by atoms with van der Waals surface area (Å²) in [6.07, 6.45) is 2.35. The first-order valence-electron chi connectivity index (χ1n) is 12.2. The van der Waals surface area contributed by atoms with E-state index in [1.54, 1.807) is 0 Å². The summed E-state index contributed by atoms with van der Waals surface area (Å²) < 4.78 is 1.85. The van der Waals surface area contributed by atoms with Gasteiger partial charge in [-0.2, -0.15) is 5.10 Å². The number of carbonyl (C=O) groups excluding carboxylic acids is 1. The van der Waals surface area contributed by atoms with Gasteiger partial charge >= 0.3 is 0 Å². The third kappa shape index (κ3) is 5.12. The number of hydrogen-bond donors (Lipinski definition) is 1. The van der Waals surface area contributed by atoms with E-state index >= 15 is 0 Å². The van der Waals surface area contributed by atoms with Gasteiger partial charge in [0.2, 0.25) is 5.91 Å². The standard InChI is InChI=1S/C26H33N7O/c1-18(2)26-27-19(3)15-23(29-26)32-13-11-31(12-14-32)17-25(34)28-24-16-22(20-9-10-20)30-33(24)21-7-5-4-6-8-21/h4-8,15-16,18,20H,9-14,17H2,1-3H3,(H,28,34). The quantitative estimate of drug-likeness (QED) is 0.580. The summed E-state index contributed by atoms with van der Waals surface area (Å²) in [5.74, 6) is 3.43. The van der Waals surface area contributed by atoms with E-state index in [9.17, 15) is 4.79 Å². The minimum Gasteiger partial charge on any atom is -0.354 e. The smallest absolute Gasteiger partial charge is 0.239 e. The Kier molecular flexibility index (Phi) is 6.32. The lowest BCUT2D eigenvalue weighted by atomic mass is 10.2. The van der Waals surface area contributed by atoms with Gasteiger partial charge in [0, 0.05) is 55.8 Å². The summed E-state index contributed by atoms with van der Waals surface area (Å²) in [4.78, 5) is 26.8. The molecular weight excluding hydrogens is 426 g/mol. The molecule has 1 saturated heterocycles. The van der Waals surface area contributed by atoms with Gasteiger partial charge in [0.15, 0.2) is 0 Å². The average Bonchev–Trinajstić information content (AvgIpc) is 3.60. The summed E-state index contributed by atoms with van der Waals surface area (Å²) >= 11 is 0. The van der Waals surface area contributed by atoms with Crippen LogP contribution in [0.3, 0.4) is 0 Å². The molecule has 1 amide bonds. The molecular formula is C26H33N7O. The number of piperazine rings is 1. The fourth-order valence-corrected chi connectivity index (χ4v) is 4.35. The van der Waals surface area contributed by atoms with Gasteiger partial charge < -0.3 is 10.2 Å². The van der Waals surface area contributed by atoms with Crippen LogP contribution in [-0.2, 0) is 4.79 Å². The van der Waals surface area contributed by atoms with Gasteiger partial charge in [-0.15, -0.1) is 0 Å². The number of rotatable bonds is 7. The number of nitrogens with zero attached hydrogens (tertiary/aromatic N) is 6. The predicted octanol–water partition coefficient (Wildman–Crippen LogP) is 3.73. The number of carbonyl (C=O) groups is 1. The van der Waals surface area contributed by atoms with Gasteiger partial charge in [0.25, 0.3) is 0 Å². The highest BCUT2D eigenvalue weighted by Gasteiger charge is 2.28. The van der Waals surface area contributed by atoms with Crippen LogP contribution in [0, 0.1) is 6.92 Å². The number of anilines is 2. The Hall–Kier alpha value is -3.26. The molecule has 0 unspecified atom stereocenters. The average molecular weight is 460 g/mol. The fourth-order valence-electron chi connectivity index (χ4n) is 4.35. The predicted molar refractivity (Wildman–Crippen MR) is 134 cm³/mol. The van der Waals surface area contributed by atoms with Crippen molar-refractivity contribution in [3.63, 3.8) is 0 Å². The Morgan fingerprint density at radius 1 is 1.06 bits per heavy atom. The number of benzene rings is 1. The third-order valence-electron chi connectivity index (χ3n) is 6.43. The molecule has 178 valence electrons. The number of nitrogens with one attached hydrogen (secondary N) is 1. The minimum atomic E-state index is -0.00662. The second-order valence-corrected chi connectivity index (χ2v) is 9.67. The zero-order valence-electron chi connectivity index (χ0n) is 20.2. The Morgan fingerprint density at radius 3 is 2.47 bits per heavy atom. The fraction of sp³-hybridized carbons (Fsp3) is 0.462. The van der Waals surface area contributed by atoms with Gasteiger partial charge in [0.05, 0.1) is 17.9 Å². The zero-order valence-corrected chi connectivity index (χ0v) is 20.2. The first-order valence-corrected chi connectivity index (χ1v) is 12.2. The lowest BCUT2D eigenvalue weighted by Crippen LogP contribution is -2.49. The second-order valence-electron chi connectivity index (χ2n) is 9.67. The Balaban J connectivity index is 1.21. The maximum absolute atomic E-state index is 12.9. The van der Waals surface area contributed by atoms with E-state index in [1.807, 2.05) is 48.0 Å². The molecule has 5 rings (SSSR count). The monoisotopic (exact) mass is 459 g/mol. The molecule has 34 heavy (non-hydrogen) atoms. The Bertz CT molecular complexity index is 1150. The topological polar surface area (TPSA) is 79.2 Å². The maximum Gasteiger partial charge on any atom is 0.239 e. The van der Waals surface area contributed by atoms with E-state index in [2.05, 4.69) is 40.0 Å². The van der Waals surface area contributed by atoms with Crippen LogP contribution in [0.1, 0.15) is 55.7 Å². The minimum absolute atomic E-state index is 0.00662. The highest BCUT2D eigenvalue weighted by atomic mass is 16.2. The van der Waals surface area contributed by atoms with Crippen LogP contribution in [-0.4, -0.2) is 63.3 Å². The van der Waals surface area contributed by atoms with Gasteiger partial charge in [-0.3, -0.25) is 9.69 Å². The number of amides is 1. The van der Waals surface area contributed by atoms with Crippen molar-refractivity contribution in [1.29, 1.82) is 0 Å². The molecule has 1 N–H and O–H groups in total. The van der Waals surface area contributed by atoms with Crippen LogP contribution >= 0.6 is 0 Å². The molecule has 8 nitrogen and oxygen atoms in total. The number of aryl methyl sites for hydroxylation is 1. The molecule has 0 atom stereocenters. The molecule has 8 heteroatoms. The van der Waals surface area contributed by atoms with E-state index in [4.69, 9.17) is 10.1 Å². The Morgan fingerprint density at radius 2 is 1.79 bits per heavy atom. The molecule has 2 fully saturated rings. The van der Waals surface area contributed by atoms with E-state index in [-0.39, 0.29) is 5.91 Å². The molecule has 2 aromatic heterocycles. The highest BCUT2D eigenvalue weighted by Crippen LogP contribution is 2.40. The molecule has 3 aromatic rings. The van der Waals surface area contributed by atoms with E-state index in [1.165, 1.54) is 12.8 Å². The number of hydrogen-bond acceptors (Lipinski definition) is 6. The molecule has 1 aliphatic carbocycles. The highest BCUT2D eigenvalue weighted by molar-refractivity contribution is 5.91. The van der Waals surface area contributed by atoms with Gasteiger partial charge in [-0.25, -0.2) is 14.6 Å². The molecule has 0 bridgehead atoms. The molecule has 2 aliphatic rings. The van der Waals surface area contributed by atoms with Crippen LogP contribution < -0.4 is 10.2 Å².